The van der Waals surface area contributed by atoms with Crippen LogP contribution < -0.4 is 4.90 Å². The monoisotopic (exact) mass is 347 g/mol. The Morgan fingerprint density at radius 1 is 1.04 bits per heavy atom. The maximum absolute atomic E-state index is 13.2. The van der Waals surface area contributed by atoms with Gasteiger partial charge in [-0.1, -0.05) is 43.3 Å². The molecule has 4 rings (SSSR count). The summed E-state index contributed by atoms with van der Waals surface area (Å²) < 4.78 is 0. The van der Waals surface area contributed by atoms with Crippen LogP contribution in [0, 0.1) is 12.8 Å². The van der Waals surface area contributed by atoms with Gasteiger partial charge in [0.15, 0.2) is 0 Å². The van der Waals surface area contributed by atoms with E-state index in [-0.39, 0.29) is 5.91 Å². The minimum Gasteiger partial charge on any atom is -0.293 e. The first-order valence-electron chi connectivity index (χ1n) is 9.41. The van der Waals surface area contributed by atoms with Crippen molar-refractivity contribution in [3.05, 3.63) is 59.7 Å². The lowest BCUT2D eigenvalue weighted by Gasteiger charge is -2.33. The average molecular weight is 347 g/mol. The molecular weight excluding hydrogens is 322 g/mol. The fourth-order valence-electron chi connectivity index (χ4n) is 3.72. The number of amides is 1. The van der Waals surface area contributed by atoms with E-state index < -0.39 is 0 Å². The maximum Gasteiger partial charge on any atom is 0.278 e. The van der Waals surface area contributed by atoms with Crippen molar-refractivity contribution in [2.45, 2.75) is 26.7 Å². The van der Waals surface area contributed by atoms with Crippen molar-refractivity contribution in [3.63, 3.8) is 0 Å². The fraction of sp³-hybridized carbons (Fsp3) is 0.364. The van der Waals surface area contributed by atoms with E-state index >= 15 is 0 Å². The van der Waals surface area contributed by atoms with Gasteiger partial charge in [-0.05, 0) is 43.4 Å². The number of nitrogens with zero attached hydrogens (tertiary/aromatic N) is 3. The summed E-state index contributed by atoms with van der Waals surface area (Å²) in [6, 6.07) is 15.9. The number of hydrogen-bond donors (Lipinski definition) is 0. The van der Waals surface area contributed by atoms with Gasteiger partial charge in [0.1, 0.15) is 5.71 Å². The molecule has 2 aromatic carbocycles. The molecule has 2 heterocycles. The minimum atomic E-state index is 0.00748. The molecule has 134 valence electrons. The molecule has 26 heavy (non-hydrogen) atoms. The summed E-state index contributed by atoms with van der Waals surface area (Å²) >= 11 is 0. The summed E-state index contributed by atoms with van der Waals surface area (Å²) in [5, 5.41) is 0. The Kier molecular flexibility index (Phi) is 4.60. The molecular formula is C22H25N3O. The van der Waals surface area contributed by atoms with Gasteiger partial charge >= 0.3 is 0 Å². The maximum atomic E-state index is 13.2. The van der Waals surface area contributed by atoms with Crippen LogP contribution in [0.3, 0.4) is 0 Å². The third-order valence-electron chi connectivity index (χ3n) is 5.46. The molecule has 0 unspecified atom stereocenters. The minimum absolute atomic E-state index is 0.00748. The van der Waals surface area contributed by atoms with Crippen molar-refractivity contribution < 1.29 is 4.79 Å². The molecule has 0 aliphatic carbocycles. The van der Waals surface area contributed by atoms with Crippen LogP contribution in [0.2, 0.25) is 0 Å². The Morgan fingerprint density at radius 3 is 2.50 bits per heavy atom. The van der Waals surface area contributed by atoms with Gasteiger partial charge in [0.05, 0.1) is 18.0 Å². The fourth-order valence-corrected chi connectivity index (χ4v) is 3.72. The molecule has 2 aliphatic rings. The lowest BCUT2D eigenvalue weighted by Crippen LogP contribution is -2.44. The summed E-state index contributed by atoms with van der Waals surface area (Å²) in [5.74, 6) is 0.791. The second kappa shape index (κ2) is 7.04. The van der Waals surface area contributed by atoms with E-state index in [9.17, 15) is 4.79 Å². The van der Waals surface area contributed by atoms with E-state index in [0.29, 0.717) is 12.4 Å². The summed E-state index contributed by atoms with van der Waals surface area (Å²) in [7, 11) is 0. The molecule has 1 fully saturated rings. The number of aryl methyl sites for hydroxylation is 1. The SMILES string of the molecule is Cc1ccccc1N=C1C(=O)N(CN2CCC(C)CC2)c2ccccc21. The summed E-state index contributed by atoms with van der Waals surface area (Å²) in [5.41, 5.74) is 4.41. The molecule has 1 saturated heterocycles. The van der Waals surface area contributed by atoms with Crippen LogP contribution >= 0.6 is 0 Å². The van der Waals surface area contributed by atoms with Gasteiger partial charge in [0, 0.05) is 18.7 Å². The van der Waals surface area contributed by atoms with Crippen LogP contribution in [-0.4, -0.2) is 36.3 Å². The first-order valence-corrected chi connectivity index (χ1v) is 9.41. The molecule has 4 heteroatoms. The number of likely N-dealkylation sites (tertiary alicyclic amines) is 1. The van der Waals surface area contributed by atoms with Crippen LogP contribution in [0.5, 0.6) is 0 Å². The lowest BCUT2D eigenvalue weighted by atomic mass is 10.00. The van der Waals surface area contributed by atoms with Crippen LogP contribution in [0.15, 0.2) is 53.5 Å². The van der Waals surface area contributed by atoms with Crippen molar-refractivity contribution in [2.24, 2.45) is 10.9 Å². The number of rotatable bonds is 3. The number of benzene rings is 2. The number of para-hydroxylation sites is 2. The molecule has 0 saturated carbocycles. The molecule has 2 aromatic rings. The lowest BCUT2D eigenvalue weighted by molar-refractivity contribution is -0.112. The van der Waals surface area contributed by atoms with Crippen LogP contribution in [-0.2, 0) is 4.79 Å². The molecule has 0 radical (unpaired) electrons. The topological polar surface area (TPSA) is 35.9 Å². The molecule has 1 amide bonds. The molecule has 0 spiro atoms. The number of piperidine rings is 1. The highest BCUT2D eigenvalue weighted by molar-refractivity contribution is 6.54. The van der Waals surface area contributed by atoms with E-state index in [1.54, 1.807) is 0 Å². The first-order chi connectivity index (χ1) is 12.6. The highest BCUT2D eigenvalue weighted by Crippen LogP contribution is 2.32. The standard InChI is InChI=1S/C22H25N3O/c1-16-11-13-24(14-12-16)15-25-20-10-6-4-8-18(20)21(22(25)26)23-19-9-5-3-7-17(19)2/h3-10,16H,11-15H2,1-2H3. The zero-order chi connectivity index (χ0) is 18.1. The number of fused-ring (bicyclic) bond motifs is 1. The van der Waals surface area contributed by atoms with Gasteiger partial charge in [0.2, 0.25) is 0 Å². The van der Waals surface area contributed by atoms with Gasteiger partial charge in [-0.25, -0.2) is 4.99 Å². The Hall–Kier alpha value is -2.46. The summed E-state index contributed by atoms with van der Waals surface area (Å²) in [6.07, 6.45) is 2.40. The van der Waals surface area contributed by atoms with E-state index in [2.05, 4.69) is 11.8 Å². The molecule has 4 nitrogen and oxygen atoms in total. The molecule has 0 bridgehead atoms. The van der Waals surface area contributed by atoms with Crippen LogP contribution in [0.25, 0.3) is 0 Å². The molecule has 2 aliphatic heterocycles. The zero-order valence-electron chi connectivity index (χ0n) is 15.5. The van der Waals surface area contributed by atoms with E-state index in [1.165, 1.54) is 12.8 Å². The number of anilines is 1. The molecule has 0 aromatic heterocycles. The summed E-state index contributed by atoms with van der Waals surface area (Å²) in [6.45, 7) is 7.09. The number of carbonyl (C=O) groups is 1. The molecule has 0 N–H and O–H groups in total. The van der Waals surface area contributed by atoms with Crippen LogP contribution in [0.1, 0.15) is 30.9 Å². The van der Waals surface area contributed by atoms with Crippen molar-refractivity contribution in [3.8, 4) is 0 Å². The van der Waals surface area contributed by atoms with E-state index in [0.717, 1.165) is 41.5 Å². The van der Waals surface area contributed by atoms with E-state index in [4.69, 9.17) is 4.99 Å². The largest absolute Gasteiger partial charge is 0.293 e. The second-order valence-electron chi connectivity index (χ2n) is 7.44. The summed E-state index contributed by atoms with van der Waals surface area (Å²) in [4.78, 5) is 22.2. The number of carbonyl (C=O) groups excluding carboxylic acids is 1. The average Bonchev–Trinajstić information content (AvgIpc) is 2.91. The van der Waals surface area contributed by atoms with Crippen LogP contribution in [0.4, 0.5) is 11.4 Å². The van der Waals surface area contributed by atoms with E-state index in [1.807, 2.05) is 60.4 Å². The predicted octanol–water partition coefficient (Wildman–Crippen LogP) is 4.15. The first kappa shape index (κ1) is 17.0. The van der Waals surface area contributed by atoms with Gasteiger partial charge < -0.3 is 0 Å². The smallest absolute Gasteiger partial charge is 0.278 e. The highest BCUT2D eigenvalue weighted by atomic mass is 16.2. The van der Waals surface area contributed by atoms with Crippen molar-refractivity contribution >= 4 is 23.0 Å². The Balaban J connectivity index is 1.66. The van der Waals surface area contributed by atoms with Gasteiger partial charge in [-0.2, -0.15) is 0 Å². The molecule has 0 atom stereocenters. The highest BCUT2D eigenvalue weighted by Gasteiger charge is 2.35. The van der Waals surface area contributed by atoms with Crippen molar-refractivity contribution in [1.29, 1.82) is 0 Å². The Bertz CT molecular complexity index is 850. The van der Waals surface area contributed by atoms with Crippen molar-refractivity contribution in [2.75, 3.05) is 24.7 Å². The van der Waals surface area contributed by atoms with Gasteiger partial charge in [-0.3, -0.25) is 14.6 Å². The number of hydrogen-bond acceptors (Lipinski definition) is 3. The quantitative estimate of drug-likeness (QED) is 0.836. The van der Waals surface area contributed by atoms with Crippen molar-refractivity contribution in [1.82, 2.24) is 4.90 Å². The third-order valence-corrected chi connectivity index (χ3v) is 5.46. The Labute approximate surface area is 155 Å². The third kappa shape index (κ3) is 3.17. The number of aliphatic imine (C=N–C) groups is 1. The second-order valence-corrected chi connectivity index (χ2v) is 7.44. The Morgan fingerprint density at radius 2 is 1.73 bits per heavy atom. The van der Waals surface area contributed by atoms with Gasteiger partial charge in [-0.15, -0.1) is 0 Å². The predicted molar refractivity (Wildman–Crippen MR) is 106 cm³/mol. The van der Waals surface area contributed by atoms with Gasteiger partial charge in [0.25, 0.3) is 5.91 Å². The zero-order valence-corrected chi connectivity index (χ0v) is 15.5. The normalized spacial score (nSPS) is 20.0.